The highest BCUT2D eigenvalue weighted by molar-refractivity contribution is 6.35. The number of ether oxygens (including phenoxy) is 5. The number of rotatable bonds is 34. The number of fused-ring (bicyclic) bond motifs is 2. The monoisotopic (exact) mass is 1140 g/mol. The van der Waals surface area contributed by atoms with E-state index in [0.717, 1.165) is 86.0 Å². The van der Waals surface area contributed by atoms with Crippen molar-refractivity contribution in [2.75, 3.05) is 31.8 Å². The van der Waals surface area contributed by atoms with Gasteiger partial charge in [0, 0.05) is 24.2 Å². The van der Waals surface area contributed by atoms with Gasteiger partial charge in [-0.25, -0.2) is 9.69 Å². The molecule has 0 aromatic heterocycles. The van der Waals surface area contributed by atoms with Crippen molar-refractivity contribution in [1.29, 1.82) is 0 Å². The molecule has 6 aromatic rings. The zero-order valence-corrected chi connectivity index (χ0v) is 50.0. The summed E-state index contributed by atoms with van der Waals surface area (Å²) in [5, 5.41) is 0. The second-order valence-corrected chi connectivity index (χ2v) is 22.3. The molecule has 2 aliphatic heterocycles. The second-order valence-electron chi connectivity index (χ2n) is 22.3. The maximum absolute atomic E-state index is 14.8. The molecule has 0 unspecified atom stereocenters. The van der Waals surface area contributed by atoms with Crippen LogP contribution in [-0.4, -0.2) is 67.1 Å². The Balaban J connectivity index is 1.12. The molecule has 0 saturated heterocycles. The summed E-state index contributed by atoms with van der Waals surface area (Å²) in [7, 11) is 1.38. The minimum absolute atomic E-state index is 0.00356. The summed E-state index contributed by atoms with van der Waals surface area (Å²) in [6.07, 6.45) is 22.1. The minimum atomic E-state index is -0.727. The van der Waals surface area contributed by atoms with E-state index in [1.165, 1.54) is 101 Å². The lowest BCUT2D eigenvalue weighted by molar-refractivity contribution is 0.0689. The van der Waals surface area contributed by atoms with Crippen LogP contribution in [0.2, 0.25) is 0 Å². The van der Waals surface area contributed by atoms with Crippen LogP contribution in [0.15, 0.2) is 109 Å². The first-order chi connectivity index (χ1) is 40.8. The van der Waals surface area contributed by atoms with Crippen LogP contribution in [0, 0.1) is 13.8 Å². The van der Waals surface area contributed by atoms with Gasteiger partial charge in [-0.05, 0) is 123 Å². The first-order valence-corrected chi connectivity index (χ1v) is 30.6. The summed E-state index contributed by atoms with van der Waals surface area (Å²) in [4.78, 5) is 85.9. The van der Waals surface area contributed by atoms with Gasteiger partial charge in [0.15, 0.2) is 17.3 Å². The smallest absolute Gasteiger partial charge is 0.343 e. The predicted octanol–water partition coefficient (Wildman–Crippen LogP) is 17.2. The van der Waals surface area contributed by atoms with Crippen LogP contribution in [-0.2, 0) is 0 Å². The zero-order chi connectivity index (χ0) is 59.5. The summed E-state index contributed by atoms with van der Waals surface area (Å²) < 4.78 is 32.1. The molecule has 0 bridgehead atoms. The van der Waals surface area contributed by atoms with Gasteiger partial charge >= 0.3 is 5.97 Å². The molecular weight excluding hydrogens is 1060 g/mol. The summed E-state index contributed by atoms with van der Waals surface area (Å²) in [6.45, 7) is 11.6. The number of amides is 4. The molecular formula is C71H82N2O11. The van der Waals surface area contributed by atoms with Crippen molar-refractivity contribution in [2.24, 2.45) is 0 Å². The summed E-state index contributed by atoms with van der Waals surface area (Å²) in [5.41, 5.74) is 3.63. The average molecular weight is 1140 g/mol. The van der Waals surface area contributed by atoms with E-state index >= 15 is 0 Å². The Labute approximate surface area is 496 Å². The molecule has 8 rings (SSSR count). The van der Waals surface area contributed by atoms with Gasteiger partial charge < -0.3 is 23.7 Å². The molecule has 0 radical (unpaired) electrons. The van der Waals surface area contributed by atoms with Crippen molar-refractivity contribution in [3.63, 3.8) is 0 Å². The largest absolute Gasteiger partial charge is 0.490 e. The highest BCUT2D eigenvalue weighted by Gasteiger charge is 2.40. The van der Waals surface area contributed by atoms with Gasteiger partial charge in [-0.2, -0.15) is 0 Å². The zero-order valence-electron chi connectivity index (χ0n) is 50.0. The fourth-order valence-electron chi connectivity index (χ4n) is 10.8. The Morgan fingerprint density at radius 1 is 0.429 bits per heavy atom. The molecule has 0 aliphatic carbocycles. The minimum Gasteiger partial charge on any atom is -0.490 e. The Kier molecular flexibility index (Phi) is 22.5. The molecule has 0 atom stereocenters. The number of ketones is 1. The number of benzene rings is 6. The van der Waals surface area contributed by atoms with Gasteiger partial charge in [0.25, 0.3) is 23.6 Å². The predicted molar refractivity (Wildman–Crippen MR) is 329 cm³/mol. The van der Waals surface area contributed by atoms with Crippen LogP contribution in [0.5, 0.6) is 34.5 Å². The summed E-state index contributed by atoms with van der Waals surface area (Å²) in [6, 6.07) is 30.4. The number of carbonyl (C=O) groups is 6. The van der Waals surface area contributed by atoms with Gasteiger partial charge in [-0.3, -0.25) is 28.9 Å². The fraction of sp³-hybridized carbons (Fsp3) is 0.408. The van der Waals surface area contributed by atoms with E-state index in [0.29, 0.717) is 65.3 Å². The third-order valence-corrected chi connectivity index (χ3v) is 15.6. The quantitative estimate of drug-likeness (QED) is 0.0125. The maximum atomic E-state index is 14.8. The van der Waals surface area contributed by atoms with E-state index in [1.54, 1.807) is 31.2 Å². The number of nitrogens with zero attached hydrogens (tertiary/aromatic N) is 2. The highest BCUT2D eigenvalue weighted by atomic mass is 16.5. The van der Waals surface area contributed by atoms with Gasteiger partial charge in [0.05, 0.1) is 53.3 Å². The third-order valence-electron chi connectivity index (χ3n) is 15.6. The molecule has 2 heterocycles. The summed E-state index contributed by atoms with van der Waals surface area (Å²) >= 11 is 0. The van der Waals surface area contributed by atoms with Gasteiger partial charge in [-0.1, -0.05) is 166 Å². The highest BCUT2D eigenvalue weighted by Crippen LogP contribution is 2.42. The van der Waals surface area contributed by atoms with E-state index in [1.807, 2.05) is 55.5 Å². The number of unbranched alkanes of at least 4 members (excludes halogenated alkanes) is 17. The number of hydrogen-bond acceptors (Lipinski definition) is 11. The van der Waals surface area contributed by atoms with E-state index in [4.69, 9.17) is 23.7 Å². The molecule has 6 aromatic carbocycles. The van der Waals surface area contributed by atoms with Crippen molar-refractivity contribution in [1.82, 2.24) is 4.90 Å². The number of hydrogen-bond donors (Lipinski definition) is 0. The van der Waals surface area contributed by atoms with E-state index in [-0.39, 0.29) is 50.4 Å². The molecule has 0 saturated carbocycles. The molecule has 0 N–H and O–H groups in total. The number of carbonyl (C=O) groups excluding carboxylic acids is 6. The molecule has 0 spiro atoms. The van der Waals surface area contributed by atoms with Crippen molar-refractivity contribution in [3.8, 4) is 45.6 Å². The van der Waals surface area contributed by atoms with Crippen LogP contribution in [0.4, 0.5) is 5.69 Å². The second kappa shape index (κ2) is 30.5. The molecule has 13 heteroatoms. The van der Waals surface area contributed by atoms with Crippen molar-refractivity contribution >= 4 is 41.1 Å². The standard InChI is InChI=1S/C71H82N2O11/c1-7-10-13-16-19-22-25-38-81-63-46-54(45-62(80-37-24-21-18-15-12-9-3)66(63)82-39-26-23-20-17-14-11-8-2)71(79)84-58-42-52(50-29-34-57(35-30-50)83-56-32-27-48(4)28-33-56)41-55(47-58)73-69(77)61-44-53(40-49(5)64(61)70(73)78)65(74)51-31-36-59-60(43-51)68(76)72(6)67(59)75/h27-36,40-47H,7-26,37-39H2,1-6H3. The fourth-order valence-corrected chi connectivity index (χ4v) is 10.8. The number of esters is 1. The maximum Gasteiger partial charge on any atom is 0.343 e. The third kappa shape index (κ3) is 15.8. The Hall–Kier alpha value is -8.06. The topological polar surface area (TPSA) is 155 Å². The molecule has 84 heavy (non-hydrogen) atoms. The van der Waals surface area contributed by atoms with Crippen molar-refractivity contribution in [2.45, 2.75) is 163 Å². The molecule has 13 nitrogen and oxygen atoms in total. The van der Waals surface area contributed by atoms with E-state index in [2.05, 4.69) is 20.8 Å². The van der Waals surface area contributed by atoms with Crippen molar-refractivity contribution < 1.29 is 52.5 Å². The normalized spacial score (nSPS) is 12.7. The van der Waals surface area contributed by atoms with E-state index in [9.17, 15) is 28.8 Å². The van der Waals surface area contributed by atoms with Gasteiger partial charge in [0.2, 0.25) is 5.75 Å². The van der Waals surface area contributed by atoms with Crippen LogP contribution in [0.3, 0.4) is 0 Å². The lowest BCUT2D eigenvalue weighted by Crippen LogP contribution is -2.29. The lowest BCUT2D eigenvalue weighted by atomic mass is 9.94. The van der Waals surface area contributed by atoms with Crippen LogP contribution in [0.25, 0.3) is 11.1 Å². The molecule has 0 fully saturated rings. The Morgan fingerprint density at radius 3 is 1.51 bits per heavy atom. The number of anilines is 1. The van der Waals surface area contributed by atoms with Gasteiger partial charge in [0.1, 0.15) is 17.2 Å². The van der Waals surface area contributed by atoms with Crippen molar-refractivity contribution in [3.05, 3.63) is 159 Å². The van der Waals surface area contributed by atoms with Gasteiger partial charge in [-0.15, -0.1) is 0 Å². The first kappa shape index (κ1) is 62.0. The Bertz CT molecular complexity index is 3290. The molecule has 4 amide bonds. The SMILES string of the molecule is CCCCCCCCCOc1cc(C(=O)Oc2cc(-c3ccc(Oc4ccc(C)cc4)cc3)cc(N3C(=O)c4cc(C(=O)c5ccc6c(c5)C(=O)N(C)C6=O)cc(C)c4C3=O)c2)cc(OCCCCCCCC)c1OCCCCCCCCC. The van der Waals surface area contributed by atoms with Crippen LogP contribution >= 0.6 is 0 Å². The number of imide groups is 2. The summed E-state index contributed by atoms with van der Waals surface area (Å²) in [5.74, 6) is -0.997. The lowest BCUT2D eigenvalue weighted by Gasteiger charge is -2.19. The Morgan fingerprint density at radius 2 is 0.940 bits per heavy atom. The number of aryl methyl sites for hydroxylation is 2. The molecule has 2 aliphatic rings. The van der Waals surface area contributed by atoms with E-state index < -0.39 is 35.4 Å². The average Bonchev–Trinajstić information content (AvgIpc) is 2.20. The van der Waals surface area contributed by atoms with Crippen LogP contribution < -0.4 is 28.6 Å². The van der Waals surface area contributed by atoms with Crippen LogP contribution in [0.1, 0.15) is 228 Å². The first-order valence-electron chi connectivity index (χ1n) is 30.6. The molecule has 442 valence electrons.